The van der Waals surface area contributed by atoms with Crippen molar-refractivity contribution in [3.8, 4) is 0 Å². The van der Waals surface area contributed by atoms with Gasteiger partial charge in [0.15, 0.2) is 0 Å². The smallest absolute Gasteiger partial charge is 0.107 e. The van der Waals surface area contributed by atoms with Gasteiger partial charge in [0.25, 0.3) is 0 Å². The van der Waals surface area contributed by atoms with E-state index in [2.05, 4.69) is 36.1 Å². The van der Waals surface area contributed by atoms with Crippen molar-refractivity contribution in [3.63, 3.8) is 0 Å². The zero-order valence-electron chi connectivity index (χ0n) is 8.72. The molecule has 0 amide bonds. The topological polar surface area (TPSA) is 40.7 Å². The van der Waals surface area contributed by atoms with Crippen LogP contribution in [0.1, 0.15) is 26.6 Å². The number of hydrogen-bond donors (Lipinski definition) is 2. The number of H-pyrrole nitrogens is 1. The van der Waals surface area contributed by atoms with E-state index >= 15 is 0 Å². The zero-order chi connectivity index (χ0) is 9.73. The summed E-state index contributed by atoms with van der Waals surface area (Å²) < 4.78 is 0. The Balaban J connectivity index is 2.09. The number of aromatic amines is 1. The van der Waals surface area contributed by atoms with Crippen LogP contribution in [0.15, 0.2) is 12.4 Å². The highest BCUT2D eigenvalue weighted by molar-refractivity contribution is 4.87. The van der Waals surface area contributed by atoms with Crippen LogP contribution >= 0.6 is 0 Å². The normalized spacial score (nSPS) is 11.9. The predicted molar refractivity (Wildman–Crippen MR) is 54.6 cm³/mol. The molecule has 0 saturated heterocycles. The van der Waals surface area contributed by atoms with Gasteiger partial charge in [-0.15, -0.1) is 0 Å². The van der Waals surface area contributed by atoms with Gasteiger partial charge >= 0.3 is 0 Å². The molecule has 0 bridgehead atoms. The zero-order valence-corrected chi connectivity index (χ0v) is 8.72. The maximum atomic E-state index is 4.15. The van der Waals surface area contributed by atoms with Gasteiger partial charge < -0.3 is 10.3 Å². The third kappa shape index (κ3) is 4.68. The Hall–Kier alpha value is -0.830. The van der Waals surface area contributed by atoms with Gasteiger partial charge in [0, 0.05) is 31.9 Å². The number of nitrogens with one attached hydrogen (secondary N) is 2. The summed E-state index contributed by atoms with van der Waals surface area (Å²) in [5, 5.41) is 3.40. The molecule has 0 saturated carbocycles. The van der Waals surface area contributed by atoms with Crippen molar-refractivity contribution in [2.75, 3.05) is 13.1 Å². The predicted octanol–water partition coefficient (Wildman–Crippen LogP) is 1.59. The van der Waals surface area contributed by atoms with E-state index in [-0.39, 0.29) is 0 Å². The lowest BCUT2D eigenvalue weighted by molar-refractivity contribution is 0.381. The van der Waals surface area contributed by atoms with Crippen LogP contribution < -0.4 is 5.32 Å². The van der Waals surface area contributed by atoms with Crippen molar-refractivity contribution in [2.45, 2.75) is 27.2 Å². The van der Waals surface area contributed by atoms with E-state index in [0.717, 1.165) is 25.3 Å². The molecule has 0 aliphatic heterocycles. The summed E-state index contributed by atoms with van der Waals surface area (Å²) in [7, 11) is 0. The van der Waals surface area contributed by atoms with Crippen molar-refractivity contribution in [3.05, 3.63) is 18.2 Å². The average molecular weight is 181 g/mol. The molecule has 0 spiro atoms. The lowest BCUT2D eigenvalue weighted by atomic mass is 9.97. The minimum Gasteiger partial charge on any atom is -0.349 e. The average Bonchev–Trinajstić information content (AvgIpc) is 2.48. The molecule has 0 aliphatic rings. The first-order valence-electron chi connectivity index (χ1n) is 4.77. The highest BCUT2D eigenvalue weighted by Gasteiger charge is 2.08. The summed E-state index contributed by atoms with van der Waals surface area (Å²) in [6, 6.07) is 0. The maximum absolute atomic E-state index is 4.15. The van der Waals surface area contributed by atoms with Gasteiger partial charge in [0.05, 0.1) is 0 Å². The molecule has 74 valence electrons. The highest BCUT2D eigenvalue weighted by Crippen LogP contribution is 2.09. The first-order valence-corrected chi connectivity index (χ1v) is 4.77. The van der Waals surface area contributed by atoms with E-state index in [4.69, 9.17) is 0 Å². The Morgan fingerprint density at radius 3 is 2.77 bits per heavy atom. The Morgan fingerprint density at radius 2 is 2.23 bits per heavy atom. The van der Waals surface area contributed by atoms with E-state index in [1.165, 1.54) is 0 Å². The van der Waals surface area contributed by atoms with Gasteiger partial charge in [-0.1, -0.05) is 20.8 Å². The minimum atomic E-state index is 0.364. The molecule has 13 heavy (non-hydrogen) atoms. The fourth-order valence-electron chi connectivity index (χ4n) is 1.10. The third-order valence-electron chi connectivity index (χ3n) is 1.75. The van der Waals surface area contributed by atoms with Gasteiger partial charge in [-0.05, 0) is 5.41 Å². The Kier molecular flexibility index (Phi) is 3.48. The molecule has 1 rings (SSSR count). The summed E-state index contributed by atoms with van der Waals surface area (Å²) in [5.74, 6) is 1.06. The highest BCUT2D eigenvalue weighted by atomic mass is 14.9. The van der Waals surface area contributed by atoms with E-state index < -0.39 is 0 Å². The van der Waals surface area contributed by atoms with Crippen molar-refractivity contribution in [1.82, 2.24) is 15.3 Å². The van der Waals surface area contributed by atoms with Crippen LogP contribution in [0, 0.1) is 5.41 Å². The van der Waals surface area contributed by atoms with Crippen molar-refractivity contribution >= 4 is 0 Å². The molecule has 1 heterocycles. The van der Waals surface area contributed by atoms with Crippen LogP contribution in [0.2, 0.25) is 0 Å². The summed E-state index contributed by atoms with van der Waals surface area (Å²) in [5.41, 5.74) is 0.364. The van der Waals surface area contributed by atoms with Crippen molar-refractivity contribution < 1.29 is 0 Å². The number of nitrogens with zero attached hydrogens (tertiary/aromatic N) is 1. The fraction of sp³-hybridized carbons (Fsp3) is 0.700. The van der Waals surface area contributed by atoms with Crippen LogP contribution in [0.4, 0.5) is 0 Å². The molecule has 1 aromatic heterocycles. The molecule has 0 fully saturated rings. The van der Waals surface area contributed by atoms with Crippen LogP contribution in [0.3, 0.4) is 0 Å². The molecule has 0 atom stereocenters. The Bertz CT molecular complexity index is 221. The molecule has 0 aliphatic carbocycles. The Labute approximate surface area is 80.0 Å². The summed E-state index contributed by atoms with van der Waals surface area (Å²) in [6.45, 7) is 8.73. The number of aromatic nitrogens is 2. The first kappa shape index (κ1) is 10.3. The second-order valence-electron chi connectivity index (χ2n) is 4.52. The monoisotopic (exact) mass is 181 g/mol. The lowest BCUT2D eigenvalue weighted by Crippen LogP contribution is -2.28. The second-order valence-corrected chi connectivity index (χ2v) is 4.52. The summed E-state index contributed by atoms with van der Waals surface area (Å²) in [4.78, 5) is 7.24. The van der Waals surface area contributed by atoms with Crippen LogP contribution in [-0.2, 0) is 6.42 Å². The van der Waals surface area contributed by atoms with Gasteiger partial charge in [-0.2, -0.15) is 0 Å². The molecule has 2 N–H and O–H groups in total. The van der Waals surface area contributed by atoms with E-state index in [1.54, 1.807) is 6.20 Å². The molecule has 1 aromatic rings. The van der Waals surface area contributed by atoms with Crippen LogP contribution in [0.25, 0.3) is 0 Å². The van der Waals surface area contributed by atoms with Gasteiger partial charge in [0.1, 0.15) is 5.82 Å². The summed E-state index contributed by atoms with van der Waals surface area (Å²) >= 11 is 0. The van der Waals surface area contributed by atoms with Crippen LogP contribution in [-0.4, -0.2) is 23.1 Å². The first-order chi connectivity index (χ1) is 6.08. The second kappa shape index (κ2) is 4.42. The number of rotatable bonds is 4. The quantitative estimate of drug-likeness (QED) is 0.692. The Morgan fingerprint density at radius 1 is 1.46 bits per heavy atom. The molecular formula is C10H19N3. The van der Waals surface area contributed by atoms with Crippen molar-refractivity contribution in [1.29, 1.82) is 0 Å². The fourth-order valence-corrected chi connectivity index (χ4v) is 1.10. The minimum absolute atomic E-state index is 0.364. The number of hydrogen-bond acceptors (Lipinski definition) is 2. The van der Waals surface area contributed by atoms with Gasteiger partial charge in [0.2, 0.25) is 0 Å². The van der Waals surface area contributed by atoms with Crippen molar-refractivity contribution in [2.24, 2.45) is 5.41 Å². The van der Waals surface area contributed by atoms with Gasteiger partial charge in [-0.3, -0.25) is 0 Å². The standard InChI is InChI=1S/C10H19N3/c1-10(2,3)8-11-5-4-9-12-6-7-13-9/h6-7,11H,4-5,8H2,1-3H3,(H,12,13). The molecule has 3 heteroatoms. The third-order valence-corrected chi connectivity index (χ3v) is 1.75. The largest absolute Gasteiger partial charge is 0.349 e. The van der Waals surface area contributed by atoms with Gasteiger partial charge in [-0.25, -0.2) is 4.98 Å². The SMILES string of the molecule is CC(C)(C)CNCCc1ncc[nH]1. The number of imidazole rings is 1. The van der Waals surface area contributed by atoms with E-state index in [0.29, 0.717) is 5.41 Å². The molecule has 0 aromatic carbocycles. The maximum Gasteiger partial charge on any atom is 0.107 e. The molecular weight excluding hydrogens is 162 g/mol. The molecule has 0 radical (unpaired) electrons. The van der Waals surface area contributed by atoms with Crippen LogP contribution in [0.5, 0.6) is 0 Å². The van der Waals surface area contributed by atoms with E-state index in [9.17, 15) is 0 Å². The molecule has 3 nitrogen and oxygen atoms in total. The molecule has 0 unspecified atom stereocenters. The summed E-state index contributed by atoms with van der Waals surface area (Å²) in [6.07, 6.45) is 4.63. The lowest BCUT2D eigenvalue weighted by Gasteiger charge is -2.18. The van der Waals surface area contributed by atoms with E-state index in [1.807, 2.05) is 6.20 Å².